The molecule has 1 aliphatic heterocycles. The van der Waals surface area contributed by atoms with Gasteiger partial charge >= 0.3 is 5.97 Å². The van der Waals surface area contributed by atoms with E-state index in [4.69, 9.17) is 9.84 Å². The molecule has 4 aromatic rings. The van der Waals surface area contributed by atoms with Crippen LogP contribution in [0.1, 0.15) is 55.0 Å². The van der Waals surface area contributed by atoms with Crippen molar-refractivity contribution in [2.24, 2.45) is 0 Å². The van der Waals surface area contributed by atoms with Crippen molar-refractivity contribution in [1.82, 2.24) is 4.98 Å². The van der Waals surface area contributed by atoms with Crippen LogP contribution in [-0.2, 0) is 17.6 Å². The van der Waals surface area contributed by atoms with E-state index >= 15 is 0 Å². The fraction of sp³-hybridized carbons (Fsp3) is 0.333. The average Bonchev–Trinajstić information content (AvgIpc) is 2.79. The summed E-state index contributed by atoms with van der Waals surface area (Å²) in [6.45, 7) is 9.26. The first-order valence-corrected chi connectivity index (χ1v) is 12.2. The van der Waals surface area contributed by atoms with E-state index in [2.05, 4.69) is 4.98 Å². The van der Waals surface area contributed by atoms with Crippen molar-refractivity contribution < 1.29 is 28.5 Å². The van der Waals surface area contributed by atoms with Crippen molar-refractivity contribution in [3.05, 3.63) is 70.4 Å². The molecule has 0 radical (unpaired) electrons. The van der Waals surface area contributed by atoms with Gasteiger partial charge in [0.05, 0.1) is 24.1 Å². The number of carboxylic acid groups (broad SMARTS) is 1. The number of aromatic nitrogens is 1. The van der Waals surface area contributed by atoms with Gasteiger partial charge in [0, 0.05) is 29.1 Å². The molecule has 0 atom stereocenters. The lowest BCUT2D eigenvalue weighted by atomic mass is 9.85. The number of pyridine rings is 1. The monoisotopic (exact) mass is 507 g/mol. The molecule has 194 valence electrons. The SMILES string of the molecule is CC(C)(C)O.Cc1cc2c(C(F)F)c(C)ccc2c(-c2ccc3c4c(ccnc24)CCO3)c1CC(=O)O. The highest BCUT2D eigenvalue weighted by atomic mass is 19.3. The lowest BCUT2D eigenvalue weighted by Gasteiger charge is -2.22. The van der Waals surface area contributed by atoms with E-state index in [9.17, 15) is 18.7 Å². The molecule has 1 aromatic heterocycles. The molecule has 2 N–H and O–H groups in total. The number of rotatable bonds is 4. The zero-order chi connectivity index (χ0) is 27.1. The van der Waals surface area contributed by atoms with Crippen LogP contribution in [0.2, 0.25) is 0 Å². The molecular weight excluding hydrogens is 476 g/mol. The second-order valence-corrected chi connectivity index (χ2v) is 10.4. The molecule has 5 nitrogen and oxygen atoms in total. The molecule has 7 heteroatoms. The van der Waals surface area contributed by atoms with Gasteiger partial charge in [-0.3, -0.25) is 9.78 Å². The molecule has 3 aromatic carbocycles. The molecule has 0 saturated carbocycles. The van der Waals surface area contributed by atoms with Gasteiger partial charge in [-0.2, -0.15) is 0 Å². The Morgan fingerprint density at radius 2 is 1.78 bits per heavy atom. The van der Waals surface area contributed by atoms with Crippen molar-refractivity contribution in [3.8, 4) is 16.9 Å². The number of benzene rings is 3. The van der Waals surface area contributed by atoms with E-state index in [0.717, 1.165) is 28.7 Å². The summed E-state index contributed by atoms with van der Waals surface area (Å²) < 4.78 is 33.9. The number of hydrogen-bond donors (Lipinski definition) is 2. The molecule has 5 rings (SSSR count). The van der Waals surface area contributed by atoms with Crippen LogP contribution in [0.15, 0.2) is 42.6 Å². The Kier molecular flexibility index (Phi) is 7.20. The van der Waals surface area contributed by atoms with Crippen LogP contribution < -0.4 is 4.74 Å². The zero-order valence-corrected chi connectivity index (χ0v) is 21.7. The van der Waals surface area contributed by atoms with Gasteiger partial charge in [-0.1, -0.05) is 18.2 Å². The normalized spacial score (nSPS) is 12.9. The molecule has 0 amide bonds. The smallest absolute Gasteiger partial charge is 0.307 e. The van der Waals surface area contributed by atoms with E-state index in [-0.39, 0.29) is 12.0 Å². The number of carboxylic acids is 1. The van der Waals surface area contributed by atoms with Crippen LogP contribution in [0.25, 0.3) is 32.8 Å². The van der Waals surface area contributed by atoms with Crippen molar-refractivity contribution >= 4 is 27.6 Å². The van der Waals surface area contributed by atoms with Crippen LogP contribution >= 0.6 is 0 Å². The molecule has 0 aliphatic carbocycles. The first kappa shape index (κ1) is 26.5. The fourth-order valence-electron chi connectivity index (χ4n) is 4.86. The third kappa shape index (κ3) is 5.42. The van der Waals surface area contributed by atoms with Crippen LogP contribution in [0.4, 0.5) is 8.78 Å². The molecule has 37 heavy (non-hydrogen) atoms. The van der Waals surface area contributed by atoms with Crippen molar-refractivity contribution in [2.75, 3.05) is 6.61 Å². The van der Waals surface area contributed by atoms with Gasteiger partial charge in [0.2, 0.25) is 0 Å². The van der Waals surface area contributed by atoms with E-state index in [0.29, 0.717) is 45.1 Å². The van der Waals surface area contributed by atoms with Crippen LogP contribution in [0.5, 0.6) is 5.75 Å². The topological polar surface area (TPSA) is 79.7 Å². The first-order valence-electron chi connectivity index (χ1n) is 12.2. The summed E-state index contributed by atoms with van der Waals surface area (Å²) >= 11 is 0. The maximum atomic E-state index is 14.0. The summed E-state index contributed by atoms with van der Waals surface area (Å²) in [6.07, 6.45) is -0.367. The van der Waals surface area contributed by atoms with Gasteiger partial charge in [-0.05, 0) is 91.4 Å². The lowest BCUT2D eigenvalue weighted by Crippen LogP contribution is -2.10. The Morgan fingerprint density at radius 1 is 1.08 bits per heavy atom. The molecule has 0 saturated heterocycles. The summed E-state index contributed by atoms with van der Waals surface area (Å²) in [7, 11) is 0. The number of nitrogens with zero attached hydrogens (tertiary/aromatic N) is 1. The summed E-state index contributed by atoms with van der Waals surface area (Å²) in [5.41, 5.74) is 4.43. The zero-order valence-electron chi connectivity index (χ0n) is 21.7. The Morgan fingerprint density at radius 3 is 2.43 bits per heavy atom. The highest BCUT2D eigenvalue weighted by Gasteiger charge is 2.24. The molecular formula is C30H31F2NO4. The summed E-state index contributed by atoms with van der Waals surface area (Å²) in [6, 6.07) is 10.9. The molecule has 2 heterocycles. The Labute approximate surface area is 214 Å². The summed E-state index contributed by atoms with van der Waals surface area (Å²) in [5, 5.41) is 20.1. The van der Waals surface area contributed by atoms with Gasteiger partial charge in [0.1, 0.15) is 5.75 Å². The minimum atomic E-state index is -2.64. The lowest BCUT2D eigenvalue weighted by molar-refractivity contribution is -0.136. The quantitative estimate of drug-likeness (QED) is 0.313. The Balaban J connectivity index is 0.000000586. The number of ether oxygens (including phenoxy) is 1. The number of carbonyl (C=O) groups is 1. The second-order valence-electron chi connectivity index (χ2n) is 10.4. The van der Waals surface area contributed by atoms with Crippen molar-refractivity contribution in [3.63, 3.8) is 0 Å². The highest BCUT2D eigenvalue weighted by Crippen LogP contribution is 2.44. The maximum Gasteiger partial charge on any atom is 0.307 e. The Hall–Kier alpha value is -3.58. The number of aliphatic hydroxyl groups is 1. The number of alkyl halides is 2. The third-order valence-electron chi connectivity index (χ3n) is 6.30. The third-order valence-corrected chi connectivity index (χ3v) is 6.30. The number of aliphatic carboxylic acids is 1. The standard InChI is InChI=1S/C26H21F2NO3.C4H10O/c1-13-3-4-16-19(22(13)26(27)28)11-14(2)18(12-21(30)31)24(16)17-5-6-20-23-15(8-10-32-20)7-9-29-25(17)23;1-4(2,3)5/h3-7,9,11,26H,8,10,12H2,1-2H3,(H,30,31);5H,1-3H3. The van der Waals surface area contributed by atoms with Crippen LogP contribution in [-0.4, -0.2) is 33.4 Å². The van der Waals surface area contributed by atoms with Gasteiger partial charge in [-0.25, -0.2) is 8.78 Å². The maximum absolute atomic E-state index is 14.0. The number of fused-ring (bicyclic) bond motifs is 1. The van der Waals surface area contributed by atoms with Gasteiger partial charge in [0.25, 0.3) is 6.43 Å². The fourth-order valence-corrected chi connectivity index (χ4v) is 4.86. The summed E-state index contributed by atoms with van der Waals surface area (Å²) in [5.74, 6) is -0.243. The van der Waals surface area contributed by atoms with Gasteiger partial charge in [0.15, 0.2) is 0 Å². The second kappa shape index (κ2) is 10.1. The van der Waals surface area contributed by atoms with Gasteiger partial charge < -0.3 is 14.9 Å². The van der Waals surface area contributed by atoms with E-state index in [1.807, 2.05) is 24.3 Å². The molecule has 0 spiro atoms. The summed E-state index contributed by atoms with van der Waals surface area (Å²) in [4.78, 5) is 16.4. The van der Waals surface area contributed by atoms with Crippen molar-refractivity contribution in [1.29, 1.82) is 0 Å². The minimum absolute atomic E-state index is 0.0206. The molecule has 0 unspecified atom stereocenters. The first-order chi connectivity index (χ1) is 17.4. The number of hydrogen-bond acceptors (Lipinski definition) is 4. The highest BCUT2D eigenvalue weighted by molar-refractivity contribution is 6.09. The Bertz CT molecular complexity index is 1490. The van der Waals surface area contributed by atoms with E-state index in [1.54, 1.807) is 52.9 Å². The number of aryl methyl sites for hydroxylation is 2. The minimum Gasteiger partial charge on any atom is -0.493 e. The van der Waals surface area contributed by atoms with Crippen LogP contribution in [0, 0.1) is 13.8 Å². The van der Waals surface area contributed by atoms with Crippen LogP contribution in [0.3, 0.4) is 0 Å². The van der Waals surface area contributed by atoms with E-state index < -0.39 is 18.0 Å². The molecule has 0 fully saturated rings. The van der Waals surface area contributed by atoms with Gasteiger partial charge in [-0.15, -0.1) is 0 Å². The molecule has 1 aliphatic rings. The molecule has 0 bridgehead atoms. The number of halogens is 2. The predicted molar refractivity (Wildman–Crippen MR) is 142 cm³/mol. The van der Waals surface area contributed by atoms with E-state index in [1.165, 1.54) is 0 Å². The van der Waals surface area contributed by atoms with Crippen molar-refractivity contribution in [2.45, 2.75) is 59.5 Å². The average molecular weight is 508 g/mol. The largest absolute Gasteiger partial charge is 0.493 e. The predicted octanol–water partition coefficient (Wildman–Crippen LogP) is 6.95.